The molecule has 0 aromatic carbocycles. The number of aliphatic hydroxyl groups is 3. The van der Waals surface area contributed by atoms with E-state index < -0.39 is 147 Å². The summed E-state index contributed by atoms with van der Waals surface area (Å²) in [5, 5.41) is 33.1. The van der Waals surface area contributed by atoms with Crippen LogP contribution < -0.4 is 32.9 Å². The van der Waals surface area contributed by atoms with Crippen molar-refractivity contribution in [3.63, 3.8) is 0 Å². The number of aromatic nitrogens is 12. The summed E-state index contributed by atoms with van der Waals surface area (Å²) in [7, 11) is -16.5. The highest BCUT2D eigenvalue weighted by molar-refractivity contribution is 8.07. The van der Waals surface area contributed by atoms with Crippen molar-refractivity contribution in [2.24, 2.45) is 7.05 Å². The maximum atomic E-state index is 13.4. The Morgan fingerprint density at radius 1 is 0.821 bits per heavy atom. The number of nitrogens with one attached hydrogen (secondary N) is 2. The Morgan fingerprint density at radius 3 is 2.19 bits per heavy atom. The van der Waals surface area contributed by atoms with Gasteiger partial charge in [0.2, 0.25) is 17.7 Å². The molecular weight excluding hydrogens is 1150 g/mol. The normalized spacial score (nSPS) is 31.3. The molecule has 0 spiro atoms. The molecule has 0 aliphatic carbocycles. The third-order valence-corrected chi connectivity index (χ3v) is 18.2. The van der Waals surface area contributed by atoms with Crippen LogP contribution in [0.25, 0.3) is 33.5 Å². The number of H-pyrrole nitrogens is 2. The predicted octanol–water partition coefficient (Wildman–Crippen LogP) is -3.41. The largest absolute Gasteiger partial charge is 0.490 e. The molecule has 78 heavy (non-hydrogen) atoms. The summed E-state index contributed by atoms with van der Waals surface area (Å²) in [6.45, 7) is -4.73. The molecule has 6 aromatic heterocycles. The smallest absolute Gasteiger partial charge is 0.387 e. The van der Waals surface area contributed by atoms with Crippen molar-refractivity contribution >= 4 is 93.2 Å². The molecule has 0 amide bonds. The topological polar surface area (TPSA) is 534 Å². The molecule has 43 heteroatoms. The fourth-order valence-corrected chi connectivity index (χ4v) is 14.2. The van der Waals surface area contributed by atoms with Crippen LogP contribution in [0.4, 0.5) is 17.7 Å². The lowest BCUT2D eigenvalue weighted by Crippen LogP contribution is -2.46. The first-order valence-electron chi connectivity index (χ1n) is 22.6. The molecule has 15 N–H and O–H groups in total. The second-order valence-corrected chi connectivity index (χ2v) is 25.6. The molecular formula is C35H48N15O23P4S+. The van der Waals surface area contributed by atoms with Crippen molar-refractivity contribution < 1.29 is 104 Å². The number of hydrogen-bond acceptors (Lipinski definition) is 29. The summed E-state index contributed by atoms with van der Waals surface area (Å²) in [6.07, 6.45) is -12.0. The number of nitrogen functional groups attached to an aromatic ring is 3. The van der Waals surface area contributed by atoms with Gasteiger partial charge in [0, 0.05) is 0 Å². The Bertz CT molecular complexity index is 3620. The van der Waals surface area contributed by atoms with E-state index in [1.807, 2.05) is 0 Å². The number of aryl methyl sites for hydroxylation is 1. The van der Waals surface area contributed by atoms with Crippen molar-refractivity contribution in [1.82, 2.24) is 53.6 Å². The fraction of sp³-hybridized carbons (Fsp3) is 0.571. The quantitative estimate of drug-likeness (QED) is 0.0262. The van der Waals surface area contributed by atoms with E-state index >= 15 is 0 Å². The van der Waals surface area contributed by atoms with Gasteiger partial charge < -0.3 is 80.3 Å². The summed E-state index contributed by atoms with van der Waals surface area (Å²) in [4.78, 5) is 97.5. The molecule has 0 radical (unpaired) electrons. The van der Waals surface area contributed by atoms with Crippen molar-refractivity contribution in [2.75, 3.05) is 43.6 Å². The predicted molar refractivity (Wildman–Crippen MR) is 258 cm³/mol. The third kappa shape index (κ3) is 10.8. The lowest BCUT2D eigenvalue weighted by Gasteiger charge is -2.32. The number of anilines is 3. The average molecular weight is 1200 g/mol. The van der Waals surface area contributed by atoms with Crippen molar-refractivity contribution in [1.29, 1.82) is 0 Å². The molecule has 4 saturated heterocycles. The number of phosphoric acid groups is 3. The number of aromatic amines is 2. The highest BCUT2D eigenvalue weighted by Gasteiger charge is 2.66. The highest BCUT2D eigenvalue weighted by Crippen LogP contribution is 2.68. The highest BCUT2D eigenvalue weighted by atomic mass is 32.5. The summed E-state index contributed by atoms with van der Waals surface area (Å²) in [6, 6.07) is 0. The van der Waals surface area contributed by atoms with E-state index in [-0.39, 0.29) is 51.2 Å². The molecule has 16 atom stereocenters. The number of rotatable bonds is 20. The van der Waals surface area contributed by atoms with Gasteiger partial charge in [-0.3, -0.25) is 46.8 Å². The molecule has 10 heterocycles. The van der Waals surface area contributed by atoms with Gasteiger partial charge in [-0.15, -0.1) is 0 Å². The Balaban J connectivity index is 0.823. The Morgan fingerprint density at radius 2 is 1.47 bits per heavy atom. The third-order valence-electron chi connectivity index (χ3n) is 12.4. The summed E-state index contributed by atoms with van der Waals surface area (Å²) < 4.78 is 105. The first-order chi connectivity index (χ1) is 36.6. The van der Waals surface area contributed by atoms with Gasteiger partial charge in [-0.25, -0.2) is 38.2 Å². The minimum absolute atomic E-state index is 0.0108. The number of imidazole rings is 3. The summed E-state index contributed by atoms with van der Waals surface area (Å²) in [5.74, 6) is -0.582. The number of hydrogen-bond donors (Lipinski definition) is 12. The van der Waals surface area contributed by atoms with Gasteiger partial charge >= 0.3 is 35.8 Å². The molecule has 10 rings (SSSR count). The second kappa shape index (κ2) is 20.7. The number of phosphoric ester groups is 2. The molecule has 2 bridgehead atoms. The van der Waals surface area contributed by atoms with Gasteiger partial charge in [-0.2, -0.15) is 13.6 Å². The van der Waals surface area contributed by atoms with E-state index in [0.717, 1.165) is 10.9 Å². The lowest BCUT2D eigenvalue weighted by molar-refractivity contribution is -0.745. The standard InChI is InChI=1S/C35H47N15O23P4S/c1-12(2)67-21-14(69-31(20(21)53)49-10-42-16-26(49)43-33(37)45-28(16)54)5-65-77(62,78)71-23-22-32(48-9-41-15-24(36)39-8-40-25(15)48)70-35(23,6-63-22)7-66-75(58,59)73-76(60,61)72-74(56,57)64-4-13-18(51)19(52)30(68-13)50-11-47(3)17-27(50)44-34(38)46-29(17)55/h8-14,18-23,30-32,51-53H,4-7H2,1-3H3,(H11-,36,37,38,39,40,43,44,45,46,54,55,56,57,58,59,60,61,62,78)/p+1/t13-,14-,18+,19?,20?,21+,22?,23-,30-,31-,32-,35-,77?/m1/s1. The van der Waals surface area contributed by atoms with Crippen LogP contribution in [0, 0.1) is 0 Å². The molecule has 4 aliphatic rings. The van der Waals surface area contributed by atoms with Gasteiger partial charge in [0.05, 0.1) is 52.2 Å². The van der Waals surface area contributed by atoms with E-state index in [9.17, 15) is 58.2 Å². The Kier molecular flexibility index (Phi) is 15.0. The number of fused-ring (bicyclic) bond motifs is 5. The van der Waals surface area contributed by atoms with Crippen molar-refractivity contribution in [3.05, 3.63) is 46.0 Å². The van der Waals surface area contributed by atoms with Crippen LogP contribution in [-0.4, -0.2) is 175 Å². The molecule has 0 saturated carbocycles. The van der Waals surface area contributed by atoms with Gasteiger partial charge in [-0.05, 0) is 25.7 Å². The van der Waals surface area contributed by atoms with Gasteiger partial charge in [0.15, 0.2) is 41.4 Å². The van der Waals surface area contributed by atoms with Crippen LogP contribution in [0.3, 0.4) is 0 Å². The van der Waals surface area contributed by atoms with Gasteiger partial charge in [0.1, 0.15) is 66.3 Å². The summed E-state index contributed by atoms with van der Waals surface area (Å²) in [5.41, 5.74) is 14.0. The zero-order valence-electron chi connectivity index (χ0n) is 40.1. The number of nitrogens with two attached hydrogens (primary N) is 3. The first kappa shape index (κ1) is 56.5. The van der Waals surface area contributed by atoms with Crippen LogP contribution in [0.5, 0.6) is 0 Å². The molecule has 426 valence electrons. The molecule has 4 fully saturated rings. The first-order valence-corrected chi connectivity index (χ1v) is 29.7. The van der Waals surface area contributed by atoms with Crippen LogP contribution in [-0.2, 0) is 83.0 Å². The van der Waals surface area contributed by atoms with E-state index in [1.165, 1.54) is 39.7 Å². The second-order valence-electron chi connectivity index (χ2n) is 18.1. The zero-order chi connectivity index (χ0) is 56.2. The average Bonchev–Trinajstić information content (AvgIpc) is 4.29. The number of aliphatic hydroxyl groups excluding tert-OH is 3. The van der Waals surface area contributed by atoms with Crippen LogP contribution in [0.15, 0.2) is 34.9 Å². The van der Waals surface area contributed by atoms with Gasteiger partial charge in [0.25, 0.3) is 17.1 Å². The minimum Gasteiger partial charge on any atom is -0.387 e. The fourth-order valence-electron chi connectivity index (χ4n) is 9.20. The van der Waals surface area contributed by atoms with Crippen LogP contribution in [0.2, 0.25) is 0 Å². The summed E-state index contributed by atoms with van der Waals surface area (Å²) >= 11 is 5.44. The lowest BCUT2D eigenvalue weighted by atomic mass is 10.0. The Hall–Kier alpha value is -4.73. The van der Waals surface area contributed by atoms with Crippen molar-refractivity contribution in [3.8, 4) is 0 Å². The Labute approximate surface area is 438 Å². The maximum absolute atomic E-state index is 13.4. The monoisotopic (exact) mass is 1200 g/mol. The molecule has 6 aromatic rings. The molecule has 7 unspecified atom stereocenters. The SMILES string of the molecule is CC(C)O[C@@H]1C(O)[C@H](n2cnc3c(=O)[nH]c(N)nc32)O[C@@H]1COP(O)(=S)O[C@@H]1C2OC[C@]1(COP(=O)(O)OP(=O)(O)OP(=O)(O)OC[C@H]1O[C@@H]([n+]3cn(C)c4c(=O)[nH]c(N)nc43)C(O)[C@H]1O)O[C@H]2n1cnc2c(N)ncnc21. The maximum Gasteiger partial charge on any atom is 0.490 e. The van der Waals surface area contributed by atoms with E-state index in [1.54, 1.807) is 13.8 Å². The molecule has 38 nitrogen and oxygen atoms in total. The van der Waals surface area contributed by atoms with Crippen LogP contribution in [0.1, 0.15) is 32.5 Å². The van der Waals surface area contributed by atoms with Crippen LogP contribution >= 0.6 is 30.2 Å². The van der Waals surface area contributed by atoms with Gasteiger partial charge in [-0.1, -0.05) is 4.98 Å². The number of nitrogens with zero attached hydrogens (tertiary/aromatic N) is 10. The number of ether oxygens (including phenoxy) is 5. The van der Waals surface area contributed by atoms with E-state index in [2.05, 4.69) is 48.5 Å². The minimum atomic E-state index is -6.18. The van der Waals surface area contributed by atoms with Crippen molar-refractivity contribution in [2.45, 2.75) is 93.1 Å². The molecule has 4 aliphatic heterocycles. The zero-order valence-corrected chi connectivity index (χ0v) is 44.5. The van der Waals surface area contributed by atoms with E-state index in [0.29, 0.717) is 0 Å². The van der Waals surface area contributed by atoms with E-state index in [4.69, 9.17) is 70.8 Å².